The summed E-state index contributed by atoms with van der Waals surface area (Å²) < 4.78 is 15.3. The molecule has 160 valence electrons. The van der Waals surface area contributed by atoms with Gasteiger partial charge in [-0.05, 0) is 48.6 Å². The van der Waals surface area contributed by atoms with Crippen molar-refractivity contribution < 1.29 is 18.8 Å². The molecule has 1 fully saturated rings. The van der Waals surface area contributed by atoms with Gasteiger partial charge in [0.05, 0.1) is 0 Å². The first-order chi connectivity index (χ1) is 14.9. The Bertz CT molecular complexity index is 1140. The lowest BCUT2D eigenvalue weighted by Crippen LogP contribution is -2.43. The number of halogens is 1. The summed E-state index contributed by atoms with van der Waals surface area (Å²) in [4.78, 5) is 38.4. The number of carbonyl (C=O) groups is 3. The molecule has 0 radical (unpaired) electrons. The Morgan fingerprint density at radius 1 is 1.10 bits per heavy atom. The van der Waals surface area contributed by atoms with E-state index in [-0.39, 0.29) is 6.54 Å². The molecule has 8 heteroatoms. The molecule has 1 atom stereocenters. The van der Waals surface area contributed by atoms with E-state index in [4.69, 9.17) is 0 Å². The molecular formula is C23H23FN4O3. The zero-order valence-electron chi connectivity index (χ0n) is 17.1. The van der Waals surface area contributed by atoms with Crippen molar-refractivity contribution in [2.24, 2.45) is 0 Å². The van der Waals surface area contributed by atoms with Gasteiger partial charge in [-0.15, -0.1) is 0 Å². The first kappa shape index (κ1) is 20.6. The van der Waals surface area contributed by atoms with Gasteiger partial charge in [0, 0.05) is 24.8 Å². The molecule has 2 N–H and O–H groups in total. The van der Waals surface area contributed by atoms with Gasteiger partial charge < -0.3 is 15.2 Å². The van der Waals surface area contributed by atoms with E-state index < -0.39 is 29.2 Å². The highest BCUT2D eigenvalue weighted by atomic mass is 19.1. The summed E-state index contributed by atoms with van der Waals surface area (Å²) in [5.41, 5.74) is 0.253. The van der Waals surface area contributed by atoms with E-state index in [1.165, 1.54) is 24.3 Å². The molecule has 0 saturated carbocycles. The lowest BCUT2D eigenvalue weighted by atomic mass is 9.92. The van der Waals surface area contributed by atoms with Crippen molar-refractivity contribution >= 4 is 28.7 Å². The smallest absolute Gasteiger partial charge is 0.325 e. The molecule has 4 amide bonds. The minimum absolute atomic E-state index is 0.367. The van der Waals surface area contributed by atoms with Gasteiger partial charge >= 0.3 is 6.03 Å². The minimum atomic E-state index is -1.33. The van der Waals surface area contributed by atoms with Gasteiger partial charge in [-0.1, -0.05) is 30.3 Å². The van der Waals surface area contributed by atoms with Crippen molar-refractivity contribution in [3.05, 3.63) is 72.2 Å². The van der Waals surface area contributed by atoms with Crippen molar-refractivity contribution in [3.8, 4) is 0 Å². The van der Waals surface area contributed by atoms with Crippen molar-refractivity contribution in [3.63, 3.8) is 0 Å². The number of benzene rings is 2. The van der Waals surface area contributed by atoms with Crippen molar-refractivity contribution in [1.82, 2.24) is 20.1 Å². The van der Waals surface area contributed by atoms with Crippen molar-refractivity contribution in [2.45, 2.75) is 25.4 Å². The fourth-order valence-electron chi connectivity index (χ4n) is 3.83. The molecule has 0 spiro atoms. The highest BCUT2D eigenvalue weighted by molar-refractivity contribution is 6.09. The zero-order valence-corrected chi connectivity index (χ0v) is 17.1. The van der Waals surface area contributed by atoms with Crippen LogP contribution in [0.2, 0.25) is 0 Å². The third-order valence-electron chi connectivity index (χ3n) is 5.58. The highest BCUT2D eigenvalue weighted by Gasteiger charge is 2.49. The lowest BCUT2D eigenvalue weighted by molar-refractivity contribution is -0.134. The second-order valence-electron chi connectivity index (χ2n) is 7.72. The third-order valence-corrected chi connectivity index (χ3v) is 5.58. The van der Waals surface area contributed by atoms with Gasteiger partial charge in [0.25, 0.3) is 5.91 Å². The number of fused-ring (bicyclic) bond motifs is 1. The maximum atomic E-state index is 13.2. The number of hydrogen-bond donors (Lipinski definition) is 2. The molecule has 31 heavy (non-hydrogen) atoms. The van der Waals surface area contributed by atoms with E-state index in [0.717, 1.165) is 22.3 Å². The molecule has 0 aliphatic carbocycles. The maximum Gasteiger partial charge on any atom is 0.325 e. The standard InChI is InChI=1S/C23H23FN4O3/c1-23(17-7-9-18(24)10-8-17)21(30)28(22(31)26-23)15-20(29)25-12-4-13-27-14-11-16-5-2-3-6-19(16)27/h2-3,5-11,14H,4,12-13,15H2,1H3,(H,25,29)(H,26,31)/t23-/m0/s1. The molecule has 1 aromatic heterocycles. The number of nitrogens with one attached hydrogen (secondary N) is 2. The molecule has 7 nitrogen and oxygen atoms in total. The number of rotatable bonds is 7. The number of aromatic nitrogens is 1. The summed E-state index contributed by atoms with van der Waals surface area (Å²) >= 11 is 0. The third kappa shape index (κ3) is 4.01. The summed E-state index contributed by atoms with van der Waals surface area (Å²) in [6.45, 7) is 2.33. The number of hydrogen-bond acceptors (Lipinski definition) is 3. The van der Waals surface area contributed by atoms with Crippen LogP contribution >= 0.6 is 0 Å². The molecule has 1 aliphatic heterocycles. The van der Waals surface area contributed by atoms with Gasteiger partial charge in [0.1, 0.15) is 17.9 Å². The maximum absolute atomic E-state index is 13.2. The summed E-state index contributed by atoms with van der Waals surface area (Å²) in [6, 6.07) is 14.8. The first-order valence-corrected chi connectivity index (χ1v) is 10.1. The number of amides is 4. The molecule has 1 aliphatic rings. The second-order valence-corrected chi connectivity index (χ2v) is 7.72. The van der Waals surface area contributed by atoms with Crippen LogP contribution in [0.4, 0.5) is 9.18 Å². The van der Waals surface area contributed by atoms with Gasteiger partial charge in [-0.2, -0.15) is 0 Å². The molecule has 1 saturated heterocycles. The Labute approximate surface area is 178 Å². The van der Waals surface area contributed by atoms with Crippen LogP contribution in [-0.2, 0) is 21.7 Å². The van der Waals surface area contributed by atoms with Crippen LogP contribution in [0.3, 0.4) is 0 Å². The minimum Gasteiger partial charge on any atom is -0.354 e. The number of aryl methyl sites for hydroxylation is 1. The molecule has 2 aromatic carbocycles. The quantitative estimate of drug-likeness (QED) is 0.454. The monoisotopic (exact) mass is 422 g/mol. The average Bonchev–Trinajstić information content (AvgIpc) is 3.26. The van der Waals surface area contributed by atoms with Crippen LogP contribution in [0.1, 0.15) is 18.9 Å². The van der Waals surface area contributed by atoms with E-state index in [9.17, 15) is 18.8 Å². The number of para-hydroxylation sites is 1. The number of carbonyl (C=O) groups excluding carboxylic acids is 3. The van der Waals surface area contributed by atoms with E-state index in [2.05, 4.69) is 15.2 Å². The second kappa shape index (κ2) is 8.22. The topological polar surface area (TPSA) is 83.4 Å². The van der Waals surface area contributed by atoms with Crippen LogP contribution in [-0.4, -0.2) is 40.4 Å². The van der Waals surface area contributed by atoms with Crippen LogP contribution < -0.4 is 10.6 Å². The predicted octanol–water partition coefficient (Wildman–Crippen LogP) is 2.75. The molecule has 2 heterocycles. The number of imide groups is 1. The molecule has 0 unspecified atom stereocenters. The summed E-state index contributed by atoms with van der Waals surface area (Å²) in [6.07, 6.45) is 2.72. The summed E-state index contributed by atoms with van der Waals surface area (Å²) in [5.74, 6) is -1.39. The first-order valence-electron chi connectivity index (χ1n) is 10.1. The summed E-state index contributed by atoms with van der Waals surface area (Å²) in [7, 11) is 0. The van der Waals surface area contributed by atoms with Crippen LogP contribution in [0.15, 0.2) is 60.8 Å². The van der Waals surface area contributed by atoms with Crippen molar-refractivity contribution in [1.29, 1.82) is 0 Å². The highest BCUT2D eigenvalue weighted by Crippen LogP contribution is 2.28. The van der Waals surface area contributed by atoms with Crippen molar-refractivity contribution in [2.75, 3.05) is 13.1 Å². The van der Waals surface area contributed by atoms with Gasteiger partial charge in [-0.3, -0.25) is 14.5 Å². The van der Waals surface area contributed by atoms with E-state index in [1.54, 1.807) is 6.92 Å². The average molecular weight is 422 g/mol. The lowest BCUT2D eigenvalue weighted by Gasteiger charge is -2.22. The molecular weight excluding hydrogens is 399 g/mol. The van der Waals surface area contributed by atoms with E-state index in [0.29, 0.717) is 18.5 Å². The van der Waals surface area contributed by atoms with Gasteiger partial charge in [0.2, 0.25) is 5.91 Å². The molecule has 4 rings (SSSR count). The van der Waals surface area contributed by atoms with E-state index >= 15 is 0 Å². The normalized spacial score (nSPS) is 18.5. The van der Waals surface area contributed by atoms with Gasteiger partial charge in [0.15, 0.2) is 0 Å². The Kier molecular flexibility index (Phi) is 5.46. The molecule has 0 bridgehead atoms. The number of nitrogens with zero attached hydrogens (tertiary/aromatic N) is 2. The molecule has 3 aromatic rings. The fraction of sp³-hybridized carbons (Fsp3) is 0.261. The SMILES string of the molecule is C[C@@]1(c2ccc(F)cc2)NC(=O)N(CC(=O)NCCCn2ccc3ccccc32)C1=O. The largest absolute Gasteiger partial charge is 0.354 e. The Morgan fingerprint density at radius 3 is 2.61 bits per heavy atom. The van der Waals surface area contributed by atoms with Gasteiger partial charge in [-0.25, -0.2) is 9.18 Å². The summed E-state index contributed by atoms with van der Waals surface area (Å²) in [5, 5.41) is 6.53. The van der Waals surface area contributed by atoms with Crippen LogP contribution in [0.25, 0.3) is 10.9 Å². The Balaban J connectivity index is 1.30. The van der Waals surface area contributed by atoms with Crippen LogP contribution in [0, 0.1) is 5.82 Å². The van der Waals surface area contributed by atoms with Crippen LogP contribution in [0.5, 0.6) is 0 Å². The van der Waals surface area contributed by atoms with E-state index in [1.807, 2.05) is 36.5 Å². The Hall–Kier alpha value is -3.68. The Morgan fingerprint density at radius 2 is 1.84 bits per heavy atom. The zero-order chi connectivity index (χ0) is 22.0. The number of urea groups is 1. The fourth-order valence-corrected chi connectivity index (χ4v) is 3.83. The predicted molar refractivity (Wildman–Crippen MR) is 114 cm³/mol.